The van der Waals surface area contributed by atoms with Crippen molar-refractivity contribution in [2.45, 2.75) is 52.0 Å². The van der Waals surface area contributed by atoms with Crippen LogP contribution in [0.5, 0.6) is 0 Å². The van der Waals surface area contributed by atoms with Gasteiger partial charge in [0, 0.05) is 19.1 Å². The molecule has 1 fully saturated rings. The van der Waals surface area contributed by atoms with E-state index < -0.39 is 0 Å². The van der Waals surface area contributed by atoms with Gasteiger partial charge >= 0.3 is 0 Å². The molecule has 2 N–H and O–H groups in total. The highest BCUT2D eigenvalue weighted by molar-refractivity contribution is 5.55. The molecule has 0 amide bonds. The summed E-state index contributed by atoms with van der Waals surface area (Å²) in [6.07, 6.45) is 5.30. The molecule has 20 heavy (non-hydrogen) atoms. The van der Waals surface area contributed by atoms with Gasteiger partial charge in [-0.15, -0.1) is 0 Å². The molecule has 0 aromatic heterocycles. The van der Waals surface area contributed by atoms with Gasteiger partial charge in [0.25, 0.3) is 0 Å². The molecule has 0 radical (unpaired) electrons. The van der Waals surface area contributed by atoms with Gasteiger partial charge in [-0.1, -0.05) is 26.0 Å². The molecule has 0 bridgehead atoms. The third-order valence-corrected chi connectivity index (χ3v) is 4.06. The third-order valence-electron chi connectivity index (χ3n) is 4.06. The SMILES string of the molecule is CCCN(CC1CC1)c1c(F)cccc1CC(N)CC. The minimum absolute atomic E-state index is 0.0973. The van der Waals surface area contributed by atoms with Crippen molar-refractivity contribution in [2.75, 3.05) is 18.0 Å². The lowest BCUT2D eigenvalue weighted by atomic mass is 10.0. The maximum absolute atomic E-state index is 14.4. The second-order valence-electron chi connectivity index (χ2n) is 6.01. The van der Waals surface area contributed by atoms with E-state index in [1.165, 1.54) is 12.8 Å². The molecule has 0 saturated heterocycles. The molecule has 0 aliphatic heterocycles. The highest BCUT2D eigenvalue weighted by atomic mass is 19.1. The van der Waals surface area contributed by atoms with Crippen molar-refractivity contribution in [2.24, 2.45) is 11.7 Å². The first-order chi connectivity index (χ1) is 9.65. The summed E-state index contributed by atoms with van der Waals surface area (Å²) in [5.74, 6) is 0.661. The fourth-order valence-electron chi connectivity index (χ4n) is 2.68. The van der Waals surface area contributed by atoms with Crippen LogP contribution in [0, 0.1) is 11.7 Å². The van der Waals surface area contributed by atoms with E-state index in [0.29, 0.717) is 0 Å². The van der Waals surface area contributed by atoms with Gasteiger partial charge in [0.2, 0.25) is 0 Å². The lowest BCUT2D eigenvalue weighted by molar-refractivity contribution is 0.596. The minimum atomic E-state index is -0.0973. The van der Waals surface area contributed by atoms with E-state index in [4.69, 9.17) is 5.73 Å². The zero-order valence-electron chi connectivity index (χ0n) is 12.7. The third kappa shape index (κ3) is 3.95. The van der Waals surface area contributed by atoms with Crippen molar-refractivity contribution in [3.05, 3.63) is 29.6 Å². The van der Waals surface area contributed by atoms with Crippen LogP contribution in [0.2, 0.25) is 0 Å². The molecule has 1 aromatic carbocycles. The van der Waals surface area contributed by atoms with Gasteiger partial charge in [0.05, 0.1) is 5.69 Å². The average Bonchev–Trinajstić information content (AvgIpc) is 3.22. The van der Waals surface area contributed by atoms with E-state index in [0.717, 1.165) is 49.5 Å². The smallest absolute Gasteiger partial charge is 0.146 e. The van der Waals surface area contributed by atoms with Crippen molar-refractivity contribution >= 4 is 5.69 Å². The van der Waals surface area contributed by atoms with Crippen molar-refractivity contribution in [3.63, 3.8) is 0 Å². The monoisotopic (exact) mass is 278 g/mol. The molecular weight excluding hydrogens is 251 g/mol. The largest absolute Gasteiger partial charge is 0.369 e. The molecule has 1 aliphatic rings. The van der Waals surface area contributed by atoms with Crippen LogP contribution in [0.4, 0.5) is 10.1 Å². The number of nitrogens with zero attached hydrogens (tertiary/aromatic N) is 1. The lowest BCUT2D eigenvalue weighted by Gasteiger charge is -2.28. The van der Waals surface area contributed by atoms with Crippen LogP contribution in [0.25, 0.3) is 0 Å². The molecule has 112 valence electrons. The topological polar surface area (TPSA) is 29.3 Å². The van der Waals surface area contributed by atoms with Gasteiger partial charge < -0.3 is 10.6 Å². The Morgan fingerprint density at radius 2 is 2.10 bits per heavy atom. The molecular formula is C17H27FN2. The van der Waals surface area contributed by atoms with E-state index in [2.05, 4.69) is 18.7 Å². The molecule has 2 rings (SSSR count). The number of benzene rings is 1. The van der Waals surface area contributed by atoms with Crippen molar-refractivity contribution in [1.82, 2.24) is 0 Å². The van der Waals surface area contributed by atoms with Crippen LogP contribution in [0.3, 0.4) is 0 Å². The molecule has 3 heteroatoms. The highest BCUT2D eigenvalue weighted by Crippen LogP contribution is 2.34. The Hall–Kier alpha value is -1.09. The second kappa shape index (κ2) is 7.07. The van der Waals surface area contributed by atoms with Gasteiger partial charge in [-0.05, 0) is 49.7 Å². The van der Waals surface area contributed by atoms with E-state index in [-0.39, 0.29) is 11.9 Å². The van der Waals surface area contributed by atoms with Gasteiger partial charge in [-0.2, -0.15) is 0 Å². The Kier molecular flexibility index (Phi) is 5.41. The Balaban J connectivity index is 2.24. The molecule has 0 heterocycles. The number of hydrogen-bond acceptors (Lipinski definition) is 2. The van der Waals surface area contributed by atoms with Crippen LogP contribution >= 0.6 is 0 Å². The molecule has 0 spiro atoms. The summed E-state index contributed by atoms with van der Waals surface area (Å²) < 4.78 is 14.4. The Morgan fingerprint density at radius 3 is 2.70 bits per heavy atom. The van der Waals surface area contributed by atoms with Gasteiger partial charge in [-0.25, -0.2) is 4.39 Å². The van der Waals surface area contributed by atoms with Crippen LogP contribution in [-0.4, -0.2) is 19.1 Å². The molecule has 1 atom stereocenters. The molecule has 1 unspecified atom stereocenters. The normalized spacial score (nSPS) is 16.2. The van der Waals surface area contributed by atoms with E-state index >= 15 is 0 Å². The molecule has 2 nitrogen and oxygen atoms in total. The Bertz CT molecular complexity index is 429. The summed E-state index contributed by atoms with van der Waals surface area (Å²) in [5, 5.41) is 0. The van der Waals surface area contributed by atoms with Gasteiger partial charge in [0.1, 0.15) is 5.82 Å². The first-order valence-electron chi connectivity index (χ1n) is 7.93. The summed E-state index contributed by atoms with van der Waals surface area (Å²) in [6.45, 7) is 6.14. The van der Waals surface area contributed by atoms with Gasteiger partial charge in [-0.3, -0.25) is 0 Å². The number of anilines is 1. The van der Waals surface area contributed by atoms with Gasteiger partial charge in [0.15, 0.2) is 0 Å². The van der Waals surface area contributed by atoms with Crippen molar-refractivity contribution in [3.8, 4) is 0 Å². The molecule has 1 aromatic rings. The number of nitrogens with two attached hydrogens (primary N) is 1. The Labute approximate surface area is 122 Å². The first kappa shape index (κ1) is 15.3. The standard InChI is InChI=1S/C17H27FN2/c1-3-10-20(12-13-8-9-13)17-14(11-15(19)4-2)6-5-7-16(17)18/h5-7,13,15H,3-4,8-12,19H2,1-2H3. The quantitative estimate of drug-likeness (QED) is 0.785. The zero-order valence-corrected chi connectivity index (χ0v) is 12.7. The maximum atomic E-state index is 14.4. The second-order valence-corrected chi connectivity index (χ2v) is 6.01. The summed E-state index contributed by atoms with van der Waals surface area (Å²) in [6, 6.07) is 5.52. The first-order valence-corrected chi connectivity index (χ1v) is 7.93. The van der Waals surface area contributed by atoms with E-state index in [1.54, 1.807) is 12.1 Å². The zero-order chi connectivity index (χ0) is 14.5. The molecule has 1 aliphatic carbocycles. The fraction of sp³-hybridized carbons (Fsp3) is 0.647. The van der Waals surface area contributed by atoms with Crippen LogP contribution in [0.1, 0.15) is 45.1 Å². The van der Waals surface area contributed by atoms with Crippen LogP contribution < -0.4 is 10.6 Å². The average molecular weight is 278 g/mol. The Morgan fingerprint density at radius 1 is 1.35 bits per heavy atom. The minimum Gasteiger partial charge on any atom is -0.369 e. The number of hydrogen-bond donors (Lipinski definition) is 1. The van der Waals surface area contributed by atoms with Crippen molar-refractivity contribution < 1.29 is 4.39 Å². The lowest BCUT2D eigenvalue weighted by Crippen LogP contribution is -2.30. The summed E-state index contributed by atoms with van der Waals surface area (Å²) in [4.78, 5) is 2.24. The van der Waals surface area contributed by atoms with E-state index in [1.807, 2.05) is 6.07 Å². The summed E-state index contributed by atoms with van der Waals surface area (Å²) >= 11 is 0. The highest BCUT2D eigenvalue weighted by Gasteiger charge is 2.26. The van der Waals surface area contributed by atoms with Crippen molar-refractivity contribution in [1.29, 1.82) is 0 Å². The van der Waals surface area contributed by atoms with Crippen LogP contribution in [-0.2, 0) is 6.42 Å². The summed E-state index contributed by atoms with van der Waals surface area (Å²) in [5.41, 5.74) is 7.93. The number of para-hydroxylation sites is 1. The predicted octanol–water partition coefficient (Wildman–Crippen LogP) is 3.73. The maximum Gasteiger partial charge on any atom is 0.146 e. The number of rotatable bonds is 8. The molecule has 1 saturated carbocycles. The van der Waals surface area contributed by atoms with E-state index in [9.17, 15) is 4.39 Å². The fourth-order valence-corrected chi connectivity index (χ4v) is 2.68. The number of halogens is 1. The predicted molar refractivity (Wildman–Crippen MR) is 83.6 cm³/mol. The van der Waals surface area contributed by atoms with Crippen LogP contribution in [0.15, 0.2) is 18.2 Å². The summed E-state index contributed by atoms with van der Waals surface area (Å²) in [7, 11) is 0.